The monoisotopic (exact) mass is 263 g/mol. The highest BCUT2D eigenvalue weighted by Crippen LogP contribution is 2.26. The van der Waals surface area contributed by atoms with Crippen molar-refractivity contribution in [3.63, 3.8) is 0 Å². The van der Waals surface area contributed by atoms with Gasteiger partial charge in [0.25, 0.3) is 0 Å². The Morgan fingerprint density at radius 3 is 2.39 bits per heavy atom. The molecule has 1 aromatic rings. The molecule has 1 aliphatic rings. The lowest BCUT2D eigenvalue weighted by Gasteiger charge is -2.24. The highest BCUT2D eigenvalue weighted by molar-refractivity contribution is 7.99. The third kappa shape index (κ3) is 4.33. The van der Waals surface area contributed by atoms with Crippen LogP contribution in [0, 0.1) is 5.92 Å². The summed E-state index contributed by atoms with van der Waals surface area (Å²) >= 11 is 2.09. The Morgan fingerprint density at radius 2 is 1.78 bits per heavy atom. The minimum atomic E-state index is 0.338. The average Bonchev–Trinajstić information content (AvgIpc) is 2.40. The molecule has 1 aliphatic heterocycles. The van der Waals surface area contributed by atoms with Crippen molar-refractivity contribution in [2.75, 3.05) is 11.5 Å². The summed E-state index contributed by atoms with van der Waals surface area (Å²) in [5, 5.41) is 0. The summed E-state index contributed by atoms with van der Waals surface area (Å²) in [5.41, 5.74) is 9.11. The highest BCUT2D eigenvalue weighted by Gasteiger charge is 2.17. The van der Waals surface area contributed by atoms with Crippen LogP contribution in [0.15, 0.2) is 24.3 Å². The molecule has 2 rings (SSSR count). The second-order valence-corrected chi connectivity index (χ2v) is 6.65. The van der Waals surface area contributed by atoms with E-state index in [4.69, 9.17) is 5.73 Å². The fourth-order valence-electron chi connectivity index (χ4n) is 2.71. The summed E-state index contributed by atoms with van der Waals surface area (Å²) in [6.45, 7) is 2.20. The van der Waals surface area contributed by atoms with Crippen LogP contribution in [0.1, 0.15) is 37.3 Å². The summed E-state index contributed by atoms with van der Waals surface area (Å²) in [7, 11) is 0. The molecule has 1 unspecified atom stereocenters. The molecule has 1 atom stereocenters. The van der Waals surface area contributed by atoms with Gasteiger partial charge in [0.15, 0.2) is 0 Å². The van der Waals surface area contributed by atoms with E-state index in [1.165, 1.54) is 41.9 Å². The Balaban J connectivity index is 1.80. The van der Waals surface area contributed by atoms with Crippen molar-refractivity contribution < 1.29 is 0 Å². The normalized spacial score (nSPS) is 18.8. The average molecular weight is 263 g/mol. The van der Waals surface area contributed by atoms with E-state index in [1.807, 2.05) is 0 Å². The van der Waals surface area contributed by atoms with Gasteiger partial charge in [-0.1, -0.05) is 31.2 Å². The molecule has 18 heavy (non-hydrogen) atoms. The van der Waals surface area contributed by atoms with Crippen LogP contribution in [0.2, 0.25) is 0 Å². The van der Waals surface area contributed by atoms with Crippen LogP contribution in [0.3, 0.4) is 0 Å². The van der Waals surface area contributed by atoms with Gasteiger partial charge in [-0.25, -0.2) is 0 Å². The van der Waals surface area contributed by atoms with E-state index in [0.29, 0.717) is 6.04 Å². The third-order valence-corrected chi connectivity index (χ3v) is 4.95. The van der Waals surface area contributed by atoms with Crippen LogP contribution in [0.4, 0.5) is 0 Å². The number of hydrogen-bond donors (Lipinski definition) is 1. The van der Waals surface area contributed by atoms with E-state index in [1.54, 1.807) is 0 Å². The molecule has 0 amide bonds. The smallest absolute Gasteiger partial charge is 0.00819 e. The maximum absolute atomic E-state index is 6.30. The van der Waals surface area contributed by atoms with Crippen LogP contribution < -0.4 is 5.73 Å². The predicted octanol–water partition coefficient (Wildman–Crippen LogP) is 3.65. The van der Waals surface area contributed by atoms with Crippen molar-refractivity contribution in [1.29, 1.82) is 0 Å². The second-order valence-electron chi connectivity index (χ2n) is 5.43. The van der Waals surface area contributed by atoms with Gasteiger partial charge in [-0.3, -0.25) is 0 Å². The van der Waals surface area contributed by atoms with Crippen LogP contribution in [0.5, 0.6) is 0 Å². The molecule has 0 spiro atoms. The Morgan fingerprint density at radius 1 is 1.17 bits per heavy atom. The van der Waals surface area contributed by atoms with Crippen LogP contribution in [-0.2, 0) is 12.8 Å². The lowest BCUT2D eigenvalue weighted by Crippen LogP contribution is -2.27. The number of hydrogen-bond acceptors (Lipinski definition) is 2. The van der Waals surface area contributed by atoms with Gasteiger partial charge in [0.05, 0.1) is 0 Å². The summed E-state index contributed by atoms with van der Waals surface area (Å²) in [6.07, 6.45) is 6.09. The van der Waals surface area contributed by atoms with E-state index in [-0.39, 0.29) is 0 Å². The van der Waals surface area contributed by atoms with Crippen LogP contribution in [0.25, 0.3) is 0 Å². The minimum absolute atomic E-state index is 0.338. The number of benzene rings is 1. The Bertz CT molecular complexity index is 341. The lowest BCUT2D eigenvalue weighted by molar-refractivity contribution is 0.406. The third-order valence-electron chi connectivity index (χ3n) is 3.91. The van der Waals surface area contributed by atoms with Crippen molar-refractivity contribution in [2.45, 2.75) is 45.1 Å². The van der Waals surface area contributed by atoms with Gasteiger partial charge in [-0.2, -0.15) is 11.8 Å². The maximum atomic E-state index is 6.30. The number of nitrogens with two attached hydrogens (primary N) is 1. The van der Waals surface area contributed by atoms with Gasteiger partial charge in [-0.15, -0.1) is 0 Å². The van der Waals surface area contributed by atoms with E-state index >= 15 is 0 Å². The SMILES string of the molecule is CCc1ccc(CC(N)CC2CCSCC2)cc1. The molecule has 0 bridgehead atoms. The minimum Gasteiger partial charge on any atom is -0.327 e. The summed E-state index contributed by atoms with van der Waals surface area (Å²) < 4.78 is 0. The summed E-state index contributed by atoms with van der Waals surface area (Å²) in [6, 6.07) is 9.30. The van der Waals surface area contributed by atoms with Crippen molar-refractivity contribution >= 4 is 11.8 Å². The van der Waals surface area contributed by atoms with Gasteiger partial charge in [0.1, 0.15) is 0 Å². The second kappa shape index (κ2) is 7.20. The Labute approximate surface area is 116 Å². The molecule has 0 saturated carbocycles. The molecule has 1 fully saturated rings. The number of aryl methyl sites for hydroxylation is 1. The molecule has 0 radical (unpaired) electrons. The number of thioether (sulfide) groups is 1. The topological polar surface area (TPSA) is 26.0 Å². The first kappa shape index (κ1) is 14.0. The first-order chi connectivity index (χ1) is 8.78. The highest BCUT2D eigenvalue weighted by atomic mass is 32.2. The Kier molecular flexibility index (Phi) is 5.58. The fourth-order valence-corrected chi connectivity index (χ4v) is 3.91. The molecule has 0 aromatic heterocycles. The van der Waals surface area contributed by atoms with Crippen LogP contribution in [-0.4, -0.2) is 17.5 Å². The molecule has 100 valence electrons. The van der Waals surface area contributed by atoms with E-state index in [9.17, 15) is 0 Å². The molecule has 1 heterocycles. The Hall–Kier alpha value is -0.470. The van der Waals surface area contributed by atoms with Crippen LogP contribution >= 0.6 is 11.8 Å². The largest absolute Gasteiger partial charge is 0.327 e. The molecular weight excluding hydrogens is 238 g/mol. The van der Waals surface area contributed by atoms with Crippen molar-refractivity contribution in [2.24, 2.45) is 11.7 Å². The zero-order chi connectivity index (χ0) is 12.8. The van der Waals surface area contributed by atoms with Gasteiger partial charge in [0.2, 0.25) is 0 Å². The zero-order valence-corrected chi connectivity index (χ0v) is 12.2. The van der Waals surface area contributed by atoms with E-state index in [0.717, 1.165) is 18.8 Å². The molecule has 2 heteroatoms. The van der Waals surface area contributed by atoms with Gasteiger partial charge in [0, 0.05) is 6.04 Å². The van der Waals surface area contributed by atoms with E-state index in [2.05, 4.69) is 43.0 Å². The predicted molar refractivity (Wildman–Crippen MR) is 82.2 cm³/mol. The molecular formula is C16H25NS. The first-order valence-electron chi connectivity index (χ1n) is 7.19. The lowest BCUT2D eigenvalue weighted by atomic mass is 9.91. The van der Waals surface area contributed by atoms with Crippen molar-refractivity contribution in [1.82, 2.24) is 0 Å². The van der Waals surface area contributed by atoms with Gasteiger partial charge >= 0.3 is 0 Å². The summed E-state index contributed by atoms with van der Waals surface area (Å²) in [5.74, 6) is 3.54. The maximum Gasteiger partial charge on any atom is 0.00819 e. The molecule has 1 nitrogen and oxygen atoms in total. The van der Waals surface area contributed by atoms with Crippen molar-refractivity contribution in [3.8, 4) is 0 Å². The first-order valence-corrected chi connectivity index (χ1v) is 8.34. The molecule has 2 N–H and O–H groups in total. The van der Waals surface area contributed by atoms with Gasteiger partial charge in [-0.05, 0) is 60.7 Å². The molecule has 1 saturated heterocycles. The van der Waals surface area contributed by atoms with Crippen molar-refractivity contribution in [3.05, 3.63) is 35.4 Å². The fraction of sp³-hybridized carbons (Fsp3) is 0.625. The molecule has 0 aliphatic carbocycles. The molecule has 1 aromatic carbocycles. The standard InChI is InChI=1S/C16H25NS/c1-2-13-3-5-14(6-4-13)11-16(17)12-15-7-9-18-10-8-15/h3-6,15-16H,2,7-12,17H2,1H3. The van der Waals surface area contributed by atoms with Gasteiger partial charge < -0.3 is 5.73 Å². The van der Waals surface area contributed by atoms with E-state index < -0.39 is 0 Å². The zero-order valence-electron chi connectivity index (χ0n) is 11.4. The number of rotatable bonds is 5. The summed E-state index contributed by atoms with van der Waals surface area (Å²) in [4.78, 5) is 0. The quantitative estimate of drug-likeness (QED) is 0.877.